The van der Waals surface area contributed by atoms with Crippen LogP contribution >= 0.6 is 0 Å². The van der Waals surface area contributed by atoms with Crippen LogP contribution in [0.1, 0.15) is 19.4 Å². The first-order chi connectivity index (χ1) is 9.19. The van der Waals surface area contributed by atoms with E-state index in [0.29, 0.717) is 0 Å². The highest BCUT2D eigenvalue weighted by Crippen LogP contribution is 2.14. The third-order valence-electron chi connectivity index (χ3n) is 3.48. The first-order valence-corrected chi connectivity index (χ1v) is 6.86. The van der Waals surface area contributed by atoms with E-state index in [1.807, 2.05) is 6.07 Å². The molecule has 0 N–H and O–H groups in total. The van der Waals surface area contributed by atoms with Crippen molar-refractivity contribution in [2.24, 2.45) is 0 Å². The van der Waals surface area contributed by atoms with Crippen molar-refractivity contribution >= 4 is 5.97 Å². The minimum absolute atomic E-state index is 0.111. The van der Waals surface area contributed by atoms with Crippen molar-refractivity contribution < 1.29 is 9.53 Å². The second-order valence-corrected chi connectivity index (χ2v) is 4.91. The normalized spacial score (nSPS) is 21.3. The summed E-state index contributed by atoms with van der Waals surface area (Å²) in [7, 11) is 0. The monoisotopic (exact) mass is 262 g/mol. The Morgan fingerprint density at radius 1 is 1.32 bits per heavy atom. The Hall–Kier alpha value is -1.39. The van der Waals surface area contributed by atoms with E-state index in [2.05, 4.69) is 41.0 Å². The van der Waals surface area contributed by atoms with Gasteiger partial charge in [0.25, 0.3) is 0 Å². The first-order valence-electron chi connectivity index (χ1n) is 6.86. The molecule has 0 radical (unpaired) electrons. The van der Waals surface area contributed by atoms with E-state index >= 15 is 0 Å². The van der Waals surface area contributed by atoms with Crippen molar-refractivity contribution in [2.45, 2.75) is 26.6 Å². The average molecular weight is 262 g/mol. The fourth-order valence-electron chi connectivity index (χ4n) is 2.49. The molecule has 4 nitrogen and oxygen atoms in total. The quantitative estimate of drug-likeness (QED) is 0.773. The van der Waals surface area contributed by atoms with E-state index in [-0.39, 0.29) is 12.2 Å². The van der Waals surface area contributed by atoms with Crippen LogP contribution in [0.15, 0.2) is 30.3 Å². The maximum atomic E-state index is 11.2. The van der Waals surface area contributed by atoms with Crippen molar-refractivity contribution in [2.75, 3.05) is 26.2 Å². The van der Waals surface area contributed by atoms with E-state index < -0.39 is 0 Å². The van der Waals surface area contributed by atoms with Crippen molar-refractivity contribution in [3.05, 3.63) is 35.9 Å². The smallest absolute Gasteiger partial charge is 0.304 e. The molecule has 1 heterocycles. The lowest BCUT2D eigenvalue weighted by atomic mass is 10.2. The van der Waals surface area contributed by atoms with Gasteiger partial charge >= 0.3 is 5.97 Å². The summed E-state index contributed by atoms with van der Waals surface area (Å²) >= 11 is 0. The van der Waals surface area contributed by atoms with Gasteiger partial charge < -0.3 is 4.74 Å². The molecule has 1 saturated heterocycles. The lowest BCUT2D eigenvalue weighted by molar-refractivity contribution is -0.163. The van der Waals surface area contributed by atoms with Gasteiger partial charge in [0, 0.05) is 33.1 Å². The van der Waals surface area contributed by atoms with Crippen LogP contribution < -0.4 is 0 Å². The Balaban J connectivity index is 1.95. The number of likely N-dealkylation sites (N-methyl/N-ethyl adjacent to an activating group) is 1. The summed E-state index contributed by atoms with van der Waals surface area (Å²) < 4.78 is 5.41. The number of esters is 1. The molecule has 2 rings (SSSR count). The summed E-state index contributed by atoms with van der Waals surface area (Å²) in [6, 6.07) is 10.4. The topological polar surface area (TPSA) is 32.8 Å². The third kappa shape index (κ3) is 4.04. The first kappa shape index (κ1) is 14.0. The zero-order valence-electron chi connectivity index (χ0n) is 11.7. The molecule has 0 bridgehead atoms. The molecule has 19 heavy (non-hydrogen) atoms. The molecule has 104 valence electrons. The molecule has 0 amide bonds. The summed E-state index contributed by atoms with van der Waals surface area (Å²) in [4.78, 5) is 15.7. The van der Waals surface area contributed by atoms with Gasteiger partial charge in [0.1, 0.15) is 0 Å². The van der Waals surface area contributed by atoms with Gasteiger partial charge in [-0.05, 0) is 12.1 Å². The Morgan fingerprint density at radius 3 is 2.68 bits per heavy atom. The average Bonchev–Trinajstić information content (AvgIpc) is 2.39. The number of carbonyl (C=O) groups excluding carboxylic acids is 1. The number of rotatable bonds is 4. The van der Waals surface area contributed by atoms with Gasteiger partial charge in [-0.3, -0.25) is 14.6 Å². The molecule has 1 aromatic rings. The SMILES string of the molecule is CCN1CCN(Cc2ccccc2)CC1OC(C)=O. The Kier molecular flexibility index (Phi) is 4.93. The minimum Gasteiger partial charge on any atom is -0.445 e. The van der Waals surface area contributed by atoms with Gasteiger partial charge in [-0.2, -0.15) is 0 Å². The minimum atomic E-state index is -0.204. The molecule has 4 heteroatoms. The highest BCUT2D eigenvalue weighted by atomic mass is 16.6. The van der Waals surface area contributed by atoms with E-state index in [9.17, 15) is 4.79 Å². The molecule has 0 aromatic heterocycles. The maximum Gasteiger partial charge on any atom is 0.304 e. The number of hydrogen-bond acceptors (Lipinski definition) is 4. The number of carbonyl (C=O) groups is 1. The van der Waals surface area contributed by atoms with Crippen LogP contribution in [0.5, 0.6) is 0 Å². The highest BCUT2D eigenvalue weighted by Gasteiger charge is 2.27. The molecule has 0 aliphatic carbocycles. The molecule has 0 saturated carbocycles. The largest absolute Gasteiger partial charge is 0.445 e. The number of hydrogen-bond donors (Lipinski definition) is 0. The van der Waals surface area contributed by atoms with Gasteiger partial charge in [0.05, 0.1) is 0 Å². The molecular weight excluding hydrogens is 240 g/mol. The fraction of sp³-hybridized carbons (Fsp3) is 0.533. The van der Waals surface area contributed by atoms with Crippen molar-refractivity contribution in [1.82, 2.24) is 9.80 Å². The standard InChI is InChI=1S/C15H22N2O2/c1-3-17-10-9-16(12-15(17)19-13(2)18)11-14-7-5-4-6-8-14/h4-8,15H,3,9-12H2,1-2H3. The van der Waals surface area contributed by atoms with E-state index in [0.717, 1.165) is 32.7 Å². The van der Waals surface area contributed by atoms with Gasteiger partial charge in [0.15, 0.2) is 6.23 Å². The van der Waals surface area contributed by atoms with Crippen molar-refractivity contribution in [3.63, 3.8) is 0 Å². The molecule has 0 spiro atoms. The number of benzene rings is 1. The van der Waals surface area contributed by atoms with Gasteiger partial charge in [-0.15, -0.1) is 0 Å². The summed E-state index contributed by atoms with van der Waals surface area (Å²) in [6.07, 6.45) is -0.111. The molecule has 1 aliphatic heterocycles. The van der Waals surface area contributed by atoms with E-state index in [1.165, 1.54) is 12.5 Å². The Labute approximate surface area is 115 Å². The van der Waals surface area contributed by atoms with E-state index in [4.69, 9.17) is 4.74 Å². The van der Waals surface area contributed by atoms with Crippen LogP contribution in [0, 0.1) is 0 Å². The molecule has 1 aromatic carbocycles. The van der Waals surface area contributed by atoms with Gasteiger partial charge in [-0.1, -0.05) is 37.3 Å². The predicted octanol–water partition coefficient (Wildman–Crippen LogP) is 1.71. The van der Waals surface area contributed by atoms with Crippen LogP contribution in [-0.2, 0) is 16.1 Å². The Bertz CT molecular complexity index is 408. The van der Waals surface area contributed by atoms with Crippen LogP contribution in [0.2, 0.25) is 0 Å². The summed E-state index contributed by atoms with van der Waals surface area (Å²) in [6.45, 7) is 8.14. The zero-order chi connectivity index (χ0) is 13.7. The predicted molar refractivity (Wildman–Crippen MR) is 74.5 cm³/mol. The highest BCUT2D eigenvalue weighted by molar-refractivity contribution is 5.66. The third-order valence-corrected chi connectivity index (χ3v) is 3.48. The number of ether oxygens (including phenoxy) is 1. The van der Waals surface area contributed by atoms with Gasteiger partial charge in [-0.25, -0.2) is 0 Å². The summed E-state index contributed by atoms with van der Waals surface area (Å²) in [5.74, 6) is -0.204. The lowest BCUT2D eigenvalue weighted by Crippen LogP contribution is -2.54. The van der Waals surface area contributed by atoms with Crippen LogP contribution in [0.4, 0.5) is 0 Å². The van der Waals surface area contributed by atoms with Gasteiger partial charge in [0.2, 0.25) is 0 Å². The summed E-state index contributed by atoms with van der Waals surface area (Å²) in [5, 5.41) is 0. The lowest BCUT2D eigenvalue weighted by Gasteiger charge is -2.40. The van der Waals surface area contributed by atoms with Crippen LogP contribution in [0.3, 0.4) is 0 Å². The van der Waals surface area contributed by atoms with E-state index in [1.54, 1.807) is 0 Å². The molecule has 1 unspecified atom stereocenters. The van der Waals surface area contributed by atoms with Crippen LogP contribution in [0.25, 0.3) is 0 Å². The van der Waals surface area contributed by atoms with Crippen molar-refractivity contribution in [3.8, 4) is 0 Å². The Morgan fingerprint density at radius 2 is 2.05 bits per heavy atom. The number of piperazine rings is 1. The molecular formula is C15H22N2O2. The second-order valence-electron chi connectivity index (χ2n) is 4.91. The maximum absolute atomic E-state index is 11.2. The molecule has 1 atom stereocenters. The van der Waals surface area contributed by atoms with Crippen molar-refractivity contribution in [1.29, 1.82) is 0 Å². The fourth-order valence-corrected chi connectivity index (χ4v) is 2.49. The van der Waals surface area contributed by atoms with Crippen LogP contribution in [-0.4, -0.2) is 48.2 Å². The number of nitrogens with zero attached hydrogens (tertiary/aromatic N) is 2. The molecule has 1 fully saturated rings. The second kappa shape index (κ2) is 6.68. The zero-order valence-corrected chi connectivity index (χ0v) is 11.7. The summed E-state index contributed by atoms with van der Waals surface area (Å²) in [5.41, 5.74) is 1.30. The molecule has 1 aliphatic rings.